The zero-order chi connectivity index (χ0) is 13.0. The predicted molar refractivity (Wildman–Crippen MR) is 77.7 cm³/mol. The molecule has 2 N–H and O–H groups in total. The third-order valence-corrected chi connectivity index (χ3v) is 4.72. The van der Waals surface area contributed by atoms with Gasteiger partial charge in [0, 0.05) is 44.8 Å². The highest BCUT2D eigenvalue weighted by molar-refractivity contribution is 4.85. The molecule has 1 unspecified atom stereocenters. The van der Waals surface area contributed by atoms with Gasteiger partial charge in [0.25, 0.3) is 0 Å². The Morgan fingerprint density at radius 1 is 1.06 bits per heavy atom. The van der Waals surface area contributed by atoms with Crippen LogP contribution in [0.2, 0.25) is 0 Å². The smallest absolute Gasteiger partial charge is 0.0221 e. The molecule has 3 heteroatoms. The summed E-state index contributed by atoms with van der Waals surface area (Å²) in [4.78, 5) is 5.36. The number of rotatable bonds is 5. The standard InChI is InChI=1S/C15H31N3/c1-13(2)11-15(12-16)18-9-7-17(8-10-18)14-5-3-4-6-14/h13-15H,3-12,16H2,1-2H3. The van der Waals surface area contributed by atoms with Gasteiger partial charge in [-0.1, -0.05) is 26.7 Å². The van der Waals surface area contributed by atoms with Crippen molar-refractivity contribution < 1.29 is 0 Å². The highest BCUT2D eigenvalue weighted by Gasteiger charge is 2.28. The molecule has 1 saturated carbocycles. The third kappa shape index (κ3) is 3.69. The molecule has 0 spiro atoms. The summed E-state index contributed by atoms with van der Waals surface area (Å²) in [5.41, 5.74) is 5.95. The molecular formula is C15H31N3. The van der Waals surface area contributed by atoms with Crippen LogP contribution in [0, 0.1) is 5.92 Å². The van der Waals surface area contributed by atoms with Crippen molar-refractivity contribution in [1.29, 1.82) is 0 Å². The molecule has 2 fully saturated rings. The van der Waals surface area contributed by atoms with Crippen LogP contribution in [-0.2, 0) is 0 Å². The molecule has 0 aromatic rings. The quantitative estimate of drug-likeness (QED) is 0.812. The first-order chi connectivity index (χ1) is 8.70. The lowest BCUT2D eigenvalue weighted by atomic mass is 10.0. The van der Waals surface area contributed by atoms with E-state index in [0.717, 1.165) is 18.5 Å². The van der Waals surface area contributed by atoms with E-state index in [-0.39, 0.29) is 0 Å². The van der Waals surface area contributed by atoms with Crippen LogP contribution in [0.5, 0.6) is 0 Å². The first-order valence-corrected chi connectivity index (χ1v) is 7.89. The lowest BCUT2D eigenvalue weighted by molar-refractivity contribution is 0.0660. The zero-order valence-corrected chi connectivity index (χ0v) is 12.3. The first kappa shape index (κ1) is 14.3. The molecule has 0 aromatic carbocycles. The molecule has 0 radical (unpaired) electrons. The second-order valence-corrected chi connectivity index (χ2v) is 6.53. The second kappa shape index (κ2) is 6.88. The van der Waals surface area contributed by atoms with Crippen molar-refractivity contribution in [1.82, 2.24) is 9.80 Å². The maximum atomic E-state index is 5.95. The van der Waals surface area contributed by atoms with Crippen LogP contribution in [0.15, 0.2) is 0 Å². The van der Waals surface area contributed by atoms with Crippen molar-refractivity contribution in [2.24, 2.45) is 11.7 Å². The van der Waals surface area contributed by atoms with Crippen molar-refractivity contribution in [3.63, 3.8) is 0 Å². The van der Waals surface area contributed by atoms with E-state index in [1.807, 2.05) is 0 Å². The molecule has 1 heterocycles. The Labute approximate surface area is 113 Å². The van der Waals surface area contributed by atoms with Crippen molar-refractivity contribution in [2.45, 2.75) is 58.0 Å². The predicted octanol–water partition coefficient (Wildman–Crippen LogP) is 1.92. The molecule has 2 aliphatic rings. The summed E-state index contributed by atoms with van der Waals surface area (Å²) in [5, 5.41) is 0. The molecule has 3 nitrogen and oxygen atoms in total. The van der Waals surface area contributed by atoms with Gasteiger partial charge in [-0.2, -0.15) is 0 Å². The zero-order valence-electron chi connectivity index (χ0n) is 12.3. The number of hydrogen-bond donors (Lipinski definition) is 1. The lowest BCUT2D eigenvalue weighted by Crippen LogP contribution is -2.54. The summed E-state index contributed by atoms with van der Waals surface area (Å²) in [6.07, 6.45) is 7.02. The van der Waals surface area contributed by atoms with E-state index in [4.69, 9.17) is 5.73 Å². The molecule has 0 aromatic heterocycles. The molecule has 1 atom stereocenters. The Morgan fingerprint density at radius 3 is 2.17 bits per heavy atom. The van der Waals surface area contributed by atoms with Gasteiger partial charge in [-0.3, -0.25) is 9.80 Å². The van der Waals surface area contributed by atoms with Crippen LogP contribution in [0.3, 0.4) is 0 Å². The SMILES string of the molecule is CC(C)CC(CN)N1CCN(C2CCCC2)CC1. The van der Waals surface area contributed by atoms with Crippen molar-refractivity contribution >= 4 is 0 Å². The second-order valence-electron chi connectivity index (χ2n) is 6.53. The first-order valence-electron chi connectivity index (χ1n) is 7.89. The van der Waals surface area contributed by atoms with Gasteiger partial charge in [-0.15, -0.1) is 0 Å². The van der Waals surface area contributed by atoms with E-state index in [2.05, 4.69) is 23.6 Å². The fraction of sp³-hybridized carbons (Fsp3) is 1.00. The Morgan fingerprint density at radius 2 is 1.67 bits per heavy atom. The summed E-state index contributed by atoms with van der Waals surface area (Å²) >= 11 is 0. The monoisotopic (exact) mass is 253 g/mol. The van der Waals surface area contributed by atoms with Crippen molar-refractivity contribution in [2.75, 3.05) is 32.7 Å². The van der Waals surface area contributed by atoms with Gasteiger partial charge < -0.3 is 5.73 Å². The fourth-order valence-corrected chi connectivity index (χ4v) is 3.68. The third-order valence-electron chi connectivity index (χ3n) is 4.72. The minimum absolute atomic E-state index is 0.607. The minimum atomic E-state index is 0.607. The summed E-state index contributed by atoms with van der Waals surface area (Å²) < 4.78 is 0. The Hall–Kier alpha value is -0.120. The fourth-order valence-electron chi connectivity index (χ4n) is 3.68. The van der Waals surface area contributed by atoms with Crippen LogP contribution in [0.4, 0.5) is 0 Å². The maximum absolute atomic E-state index is 5.95. The van der Waals surface area contributed by atoms with Gasteiger partial charge in [-0.05, 0) is 25.2 Å². The van der Waals surface area contributed by atoms with E-state index in [9.17, 15) is 0 Å². The number of piperazine rings is 1. The number of nitrogens with two attached hydrogens (primary N) is 1. The van der Waals surface area contributed by atoms with Gasteiger partial charge in [0.1, 0.15) is 0 Å². The molecule has 2 rings (SSSR count). The summed E-state index contributed by atoms with van der Waals surface area (Å²) in [6.45, 7) is 10.4. The molecule has 1 aliphatic heterocycles. The van der Waals surface area contributed by atoms with Crippen LogP contribution < -0.4 is 5.73 Å². The minimum Gasteiger partial charge on any atom is -0.329 e. The Bertz CT molecular complexity index is 228. The summed E-state index contributed by atoms with van der Waals surface area (Å²) in [6, 6.07) is 1.50. The van der Waals surface area contributed by atoms with Crippen molar-refractivity contribution in [3.8, 4) is 0 Å². The van der Waals surface area contributed by atoms with E-state index in [1.165, 1.54) is 58.3 Å². The van der Waals surface area contributed by atoms with Crippen LogP contribution in [0.1, 0.15) is 46.0 Å². The topological polar surface area (TPSA) is 32.5 Å². The molecule has 1 aliphatic carbocycles. The largest absolute Gasteiger partial charge is 0.329 e. The Kier molecular flexibility index (Phi) is 5.46. The van der Waals surface area contributed by atoms with Crippen molar-refractivity contribution in [3.05, 3.63) is 0 Å². The normalized spacial score (nSPS) is 26.0. The van der Waals surface area contributed by atoms with Gasteiger partial charge in [0.05, 0.1) is 0 Å². The van der Waals surface area contributed by atoms with Crippen LogP contribution >= 0.6 is 0 Å². The number of nitrogens with zero attached hydrogens (tertiary/aromatic N) is 2. The average Bonchev–Trinajstić information content (AvgIpc) is 2.90. The van der Waals surface area contributed by atoms with Gasteiger partial charge in [0.2, 0.25) is 0 Å². The highest BCUT2D eigenvalue weighted by atomic mass is 15.3. The summed E-state index contributed by atoms with van der Waals surface area (Å²) in [7, 11) is 0. The van der Waals surface area contributed by atoms with Gasteiger partial charge in [0.15, 0.2) is 0 Å². The summed E-state index contributed by atoms with van der Waals surface area (Å²) in [5.74, 6) is 0.756. The van der Waals surface area contributed by atoms with E-state index in [1.54, 1.807) is 0 Å². The van der Waals surface area contributed by atoms with Gasteiger partial charge >= 0.3 is 0 Å². The van der Waals surface area contributed by atoms with E-state index in [0.29, 0.717) is 6.04 Å². The van der Waals surface area contributed by atoms with Crippen LogP contribution in [0.25, 0.3) is 0 Å². The maximum Gasteiger partial charge on any atom is 0.0221 e. The van der Waals surface area contributed by atoms with Crippen LogP contribution in [-0.4, -0.2) is 54.6 Å². The molecule has 0 amide bonds. The van der Waals surface area contributed by atoms with E-state index >= 15 is 0 Å². The number of hydrogen-bond acceptors (Lipinski definition) is 3. The molecule has 1 saturated heterocycles. The van der Waals surface area contributed by atoms with Gasteiger partial charge in [-0.25, -0.2) is 0 Å². The molecule has 0 bridgehead atoms. The van der Waals surface area contributed by atoms with E-state index < -0.39 is 0 Å². The lowest BCUT2D eigenvalue weighted by Gasteiger charge is -2.41. The average molecular weight is 253 g/mol. The highest BCUT2D eigenvalue weighted by Crippen LogP contribution is 2.25. The Balaban J connectivity index is 1.77. The molecule has 18 heavy (non-hydrogen) atoms. The molecule has 106 valence electrons. The molecular weight excluding hydrogens is 222 g/mol.